The van der Waals surface area contributed by atoms with E-state index < -0.39 is 110 Å². The van der Waals surface area contributed by atoms with Gasteiger partial charge in [0.1, 0.15) is 24.3 Å². The Morgan fingerprint density at radius 3 is 1.82 bits per heavy atom. The van der Waals surface area contributed by atoms with Gasteiger partial charge in [0.25, 0.3) is 5.91 Å². The van der Waals surface area contributed by atoms with E-state index in [-0.39, 0.29) is 55.1 Å². The van der Waals surface area contributed by atoms with Gasteiger partial charge in [-0.15, -0.1) is 0 Å². The van der Waals surface area contributed by atoms with Gasteiger partial charge in [0.2, 0.25) is 27.7 Å². The van der Waals surface area contributed by atoms with Crippen molar-refractivity contribution in [2.75, 3.05) is 27.2 Å². The van der Waals surface area contributed by atoms with Crippen molar-refractivity contribution in [1.29, 1.82) is 0 Å². The van der Waals surface area contributed by atoms with Crippen molar-refractivity contribution >= 4 is 57.7 Å². The summed E-state index contributed by atoms with van der Waals surface area (Å²) in [4.78, 5) is 113. The molecule has 8 amide bonds. The molecule has 0 spiro atoms. The lowest BCUT2D eigenvalue weighted by atomic mass is 9.76. The number of rotatable bonds is 27. The van der Waals surface area contributed by atoms with E-state index in [0.29, 0.717) is 30.4 Å². The molecule has 0 unspecified atom stereocenters. The Bertz CT molecular complexity index is 3360. The highest BCUT2D eigenvalue weighted by Gasteiger charge is 2.48. The van der Waals surface area contributed by atoms with Crippen molar-refractivity contribution in [2.45, 2.75) is 175 Å². The zero-order valence-corrected chi connectivity index (χ0v) is 55.8. The van der Waals surface area contributed by atoms with E-state index in [2.05, 4.69) is 26.0 Å². The molecular weight excluding hydrogens is 1160 g/mol. The van der Waals surface area contributed by atoms with Crippen molar-refractivity contribution in [3.05, 3.63) is 143 Å². The quantitative estimate of drug-likeness (QED) is 0.0240. The van der Waals surface area contributed by atoms with Gasteiger partial charge in [-0.05, 0) is 110 Å². The van der Waals surface area contributed by atoms with Gasteiger partial charge in [0, 0.05) is 49.9 Å². The zero-order valence-electron chi connectivity index (χ0n) is 54.9. The standard InChI is InChI=1S/C69H94N8O12S/c1-42(2)54(76(14)62(82)57(66(6,7)8)73-61(81)58(77(15)65(85)89-67(9,10)11)68(12,13)47-25-17-16-18-26-47)38-44(5)59(79)75-90(86,87)41-45-31-33-48(34-32-45)69(35-36-69)74-60(80)46(24-23-37-71-63(70)83)39-55(78)56(43(3)4)72-64(84)88-40-53-51-29-21-19-27-49(51)50-28-20-22-30-52(50)53/h16-22,25-34,38,42-43,46,53-54,56-58H,23-24,35-37,39-41H2,1-15H3,(H,72,84)(H,73,81)(H,74,80)(H,75,79)(H3,70,71,83)/b44-38+/t46-,54-,56+,57-,58-/m1/s1. The van der Waals surface area contributed by atoms with Crippen LogP contribution in [0.15, 0.2) is 115 Å². The first-order valence-corrected chi connectivity index (χ1v) is 32.5. The molecule has 0 aromatic heterocycles. The number of carbonyl (C=O) groups excluding carboxylic acids is 8. The van der Waals surface area contributed by atoms with E-state index in [1.54, 1.807) is 86.7 Å². The molecule has 5 atom stereocenters. The molecule has 20 nitrogen and oxygen atoms in total. The van der Waals surface area contributed by atoms with Crippen LogP contribution < -0.4 is 31.7 Å². The van der Waals surface area contributed by atoms with E-state index >= 15 is 0 Å². The summed E-state index contributed by atoms with van der Waals surface area (Å²) in [7, 11) is -1.25. The first-order chi connectivity index (χ1) is 42.0. The molecule has 0 heterocycles. The molecule has 4 aromatic carbocycles. The number of ketones is 1. The number of likely N-dealkylation sites (N-methyl/N-ethyl adjacent to an activating group) is 2. The number of hydrogen-bond acceptors (Lipinski definition) is 12. The summed E-state index contributed by atoms with van der Waals surface area (Å²) in [6, 6.07) is 27.1. The highest BCUT2D eigenvalue weighted by Crippen LogP contribution is 2.47. The monoisotopic (exact) mass is 1260 g/mol. The number of nitrogens with one attached hydrogen (secondary N) is 5. The number of sulfonamides is 1. The lowest BCUT2D eigenvalue weighted by molar-refractivity contribution is -0.141. The smallest absolute Gasteiger partial charge is 0.410 e. The molecule has 21 heteroatoms. The third-order valence-corrected chi connectivity index (χ3v) is 18.1. The second-order valence-electron chi connectivity index (χ2n) is 27.4. The van der Waals surface area contributed by atoms with Gasteiger partial charge in [-0.25, -0.2) is 27.5 Å². The summed E-state index contributed by atoms with van der Waals surface area (Å²) in [5, 5.41) is 11.4. The zero-order chi connectivity index (χ0) is 66.8. The van der Waals surface area contributed by atoms with Gasteiger partial charge in [-0.2, -0.15) is 0 Å². The molecule has 0 radical (unpaired) electrons. The van der Waals surface area contributed by atoms with Crippen LogP contribution in [0.25, 0.3) is 11.1 Å². The van der Waals surface area contributed by atoms with Crippen LogP contribution in [0.1, 0.15) is 156 Å². The predicted octanol–water partition coefficient (Wildman–Crippen LogP) is 9.50. The van der Waals surface area contributed by atoms with Gasteiger partial charge in [-0.3, -0.25) is 28.9 Å². The average molecular weight is 1260 g/mol. The molecular formula is C69H94N8O12S. The van der Waals surface area contributed by atoms with E-state index in [0.717, 1.165) is 27.8 Å². The number of amides is 8. The lowest BCUT2D eigenvalue weighted by Gasteiger charge is -2.42. The van der Waals surface area contributed by atoms with Crippen molar-refractivity contribution in [1.82, 2.24) is 35.8 Å². The topological polar surface area (TPSA) is 282 Å². The number of urea groups is 1. The maximum atomic E-state index is 14.7. The van der Waals surface area contributed by atoms with E-state index in [9.17, 15) is 46.8 Å². The third kappa shape index (κ3) is 18.3. The van der Waals surface area contributed by atoms with Crippen molar-refractivity contribution in [3.63, 3.8) is 0 Å². The van der Waals surface area contributed by atoms with Gasteiger partial charge < -0.3 is 41.4 Å². The largest absolute Gasteiger partial charge is 0.449 e. The maximum Gasteiger partial charge on any atom is 0.410 e. The third-order valence-electron chi connectivity index (χ3n) is 16.9. The van der Waals surface area contributed by atoms with Crippen LogP contribution in [0.3, 0.4) is 0 Å². The Kier molecular flexibility index (Phi) is 23.1. The molecule has 7 N–H and O–H groups in total. The molecule has 0 saturated heterocycles. The first kappa shape index (κ1) is 71.0. The number of benzene rings is 4. The summed E-state index contributed by atoms with van der Waals surface area (Å²) >= 11 is 0. The van der Waals surface area contributed by atoms with Crippen LogP contribution in [0.5, 0.6) is 0 Å². The Morgan fingerprint density at radius 1 is 0.733 bits per heavy atom. The minimum absolute atomic E-state index is 0.0226. The lowest BCUT2D eigenvalue weighted by Crippen LogP contribution is -2.63. The fraction of sp³-hybridized carbons (Fsp3) is 0.507. The molecule has 90 heavy (non-hydrogen) atoms. The summed E-state index contributed by atoms with van der Waals surface area (Å²) in [5.74, 6) is -5.03. The van der Waals surface area contributed by atoms with E-state index in [1.807, 2.05) is 107 Å². The van der Waals surface area contributed by atoms with Gasteiger partial charge in [-0.1, -0.05) is 172 Å². The summed E-state index contributed by atoms with van der Waals surface area (Å²) in [6.45, 7) is 23.2. The molecule has 488 valence electrons. The fourth-order valence-electron chi connectivity index (χ4n) is 11.7. The normalized spacial score (nSPS) is 15.6. The Balaban J connectivity index is 1.09. The van der Waals surface area contributed by atoms with Crippen LogP contribution in [0, 0.1) is 23.2 Å². The molecule has 2 aliphatic rings. The van der Waals surface area contributed by atoms with Crippen molar-refractivity contribution in [3.8, 4) is 11.1 Å². The summed E-state index contributed by atoms with van der Waals surface area (Å²) < 4.78 is 41.0. The molecule has 0 aliphatic heterocycles. The van der Waals surface area contributed by atoms with Crippen LogP contribution in [0.4, 0.5) is 14.4 Å². The fourth-order valence-corrected chi connectivity index (χ4v) is 12.9. The summed E-state index contributed by atoms with van der Waals surface area (Å²) in [5.41, 5.74) is 7.88. The molecule has 1 saturated carbocycles. The number of fused-ring (bicyclic) bond motifs is 3. The molecule has 0 bridgehead atoms. The molecule has 4 aromatic rings. The first-order valence-electron chi connectivity index (χ1n) is 30.9. The number of nitrogens with zero attached hydrogens (tertiary/aromatic N) is 2. The Hall–Kier alpha value is -8.07. The number of ether oxygens (including phenoxy) is 2. The second-order valence-corrected chi connectivity index (χ2v) is 29.1. The molecule has 6 rings (SSSR count). The Morgan fingerprint density at radius 2 is 1.30 bits per heavy atom. The number of alkyl carbamates (subject to hydrolysis) is 1. The maximum absolute atomic E-state index is 14.7. The number of nitrogens with two attached hydrogens (primary N) is 1. The molecule has 1 fully saturated rings. The van der Waals surface area contributed by atoms with E-state index in [4.69, 9.17) is 15.2 Å². The van der Waals surface area contributed by atoms with Gasteiger partial charge in [0.15, 0.2) is 5.78 Å². The Labute approximate surface area is 531 Å². The summed E-state index contributed by atoms with van der Waals surface area (Å²) in [6.07, 6.45) is 1.47. The van der Waals surface area contributed by atoms with Crippen LogP contribution in [-0.2, 0) is 60.2 Å². The van der Waals surface area contributed by atoms with Crippen LogP contribution in [0.2, 0.25) is 0 Å². The van der Waals surface area contributed by atoms with Gasteiger partial charge in [0.05, 0.1) is 23.4 Å². The van der Waals surface area contributed by atoms with Crippen molar-refractivity contribution < 1.29 is 56.2 Å². The minimum Gasteiger partial charge on any atom is -0.449 e. The minimum atomic E-state index is -4.30. The number of hydrogen-bond donors (Lipinski definition) is 6. The molecule has 2 aliphatic carbocycles. The number of carbonyl (C=O) groups is 8. The van der Waals surface area contributed by atoms with Crippen molar-refractivity contribution in [2.24, 2.45) is 28.9 Å². The predicted molar refractivity (Wildman–Crippen MR) is 347 cm³/mol. The SMILES string of the molecule is C/C(=C\[C@H](C(C)C)N(C)C(=O)[C@@H](NC(=O)[C@@H](N(C)C(=O)OC(C)(C)C)C(C)(C)c1ccccc1)C(C)(C)C)C(=O)NS(=O)(=O)Cc1ccc(C2(NC(=O)[C@H](CCCNC(N)=O)CC(=O)[C@@H](NC(=O)OCC3c4ccccc4-c4ccccc43)C(C)C)CC2)cc1. The van der Waals surface area contributed by atoms with E-state index in [1.165, 1.54) is 29.8 Å². The van der Waals surface area contributed by atoms with Gasteiger partial charge >= 0.3 is 18.2 Å². The average Bonchev–Trinajstić information content (AvgIpc) is 1.55. The number of Topliss-reactive ketones (excluding diaryl/α,β-unsaturated/α-hetero) is 1. The highest BCUT2D eigenvalue weighted by atomic mass is 32.2. The number of primary amides is 1. The van der Waals surface area contributed by atoms with Crippen LogP contribution in [-0.4, -0.2) is 123 Å². The second kappa shape index (κ2) is 29.3. The highest BCUT2D eigenvalue weighted by molar-refractivity contribution is 7.89. The van der Waals surface area contributed by atoms with Crippen LogP contribution >= 0.6 is 0 Å².